The monoisotopic (exact) mass is 482 g/mol. The third kappa shape index (κ3) is 4.48. The van der Waals surface area contributed by atoms with E-state index in [-0.39, 0.29) is 23.5 Å². The molecule has 3 aromatic carbocycles. The van der Waals surface area contributed by atoms with Gasteiger partial charge < -0.3 is 14.6 Å². The Bertz CT molecular complexity index is 1160. The highest BCUT2D eigenvalue weighted by atomic mass is 16.5. The van der Waals surface area contributed by atoms with Crippen molar-refractivity contribution in [1.29, 1.82) is 0 Å². The van der Waals surface area contributed by atoms with Gasteiger partial charge in [-0.05, 0) is 90.2 Å². The fourth-order valence-corrected chi connectivity index (χ4v) is 7.73. The van der Waals surface area contributed by atoms with Crippen molar-refractivity contribution < 1.29 is 14.6 Å². The number of aliphatic hydroxyl groups excluding tert-OH is 1. The fraction of sp³-hybridized carbons (Fsp3) is 0.455. The molecule has 3 nitrogen and oxygen atoms in total. The zero-order valence-electron chi connectivity index (χ0n) is 21.3. The molecule has 36 heavy (non-hydrogen) atoms. The van der Waals surface area contributed by atoms with Gasteiger partial charge in [0.2, 0.25) is 0 Å². The van der Waals surface area contributed by atoms with Crippen molar-refractivity contribution in [3.8, 4) is 5.75 Å². The highest BCUT2D eigenvalue weighted by Crippen LogP contribution is 2.62. The van der Waals surface area contributed by atoms with Gasteiger partial charge in [-0.3, -0.25) is 0 Å². The Morgan fingerprint density at radius 1 is 0.889 bits per heavy atom. The Hall–Kier alpha value is -2.62. The minimum Gasteiger partial charge on any atom is -0.489 e. The molecule has 3 aliphatic carbocycles. The molecular formula is C33H38O3. The predicted molar refractivity (Wildman–Crippen MR) is 143 cm³/mol. The fourth-order valence-electron chi connectivity index (χ4n) is 7.73. The van der Waals surface area contributed by atoms with Crippen molar-refractivity contribution in [1.82, 2.24) is 0 Å². The topological polar surface area (TPSA) is 38.7 Å². The summed E-state index contributed by atoms with van der Waals surface area (Å²) in [5.74, 6) is 2.32. The van der Waals surface area contributed by atoms with Crippen molar-refractivity contribution in [2.24, 2.45) is 17.3 Å². The van der Waals surface area contributed by atoms with E-state index in [2.05, 4.69) is 67.6 Å². The molecule has 1 N–H and O–H groups in total. The summed E-state index contributed by atoms with van der Waals surface area (Å²) in [7, 11) is 0. The largest absolute Gasteiger partial charge is 0.489 e. The molecule has 2 fully saturated rings. The Morgan fingerprint density at radius 2 is 1.61 bits per heavy atom. The van der Waals surface area contributed by atoms with Gasteiger partial charge >= 0.3 is 0 Å². The van der Waals surface area contributed by atoms with Crippen molar-refractivity contribution >= 4 is 0 Å². The Kier molecular flexibility index (Phi) is 6.62. The summed E-state index contributed by atoms with van der Waals surface area (Å²) in [5.41, 5.74) is 5.34. The van der Waals surface area contributed by atoms with Gasteiger partial charge in [0.05, 0.1) is 18.8 Å². The van der Waals surface area contributed by atoms with Crippen LogP contribution in [0.2, 0.25) is 0 Å². The molecule has 0 aromatic heterocycles. The number of ether oxygens (including phenoxy) is 2. The minimum absolute atomic E-state index is 0.207. The molecule has 3 aromatic rings. The van der Waals surface area contributed by atoms with E-state index in [1.807, 2.05) is 18.2 Å². The molecule has 3 aliphatic rings. The molecule has 0 saturated heterocycles. The number of hydrogen-bond donors (Lipinski definition) is 1. The van der Waals surface area contributed by atoms with Gasteiger partial charge in [-0.2, -0.15) is 0 Å². The lowest BCUT2D eigenvalue weighted by atomic mass is 9.53. The summed E-state index contributed by atoms with van der Waals surface area (Å²) in [6, 6.07) is 27.4. The summed E-state index contributed by atoms with van der Waals surface area (Å²) in [6.07, 6.45) is 6.45. The molecular weight excluding hydrogens is 444 g/mol. The lowest BCUT2D eigenvalue weighted by Crippen LogP contribution is -2.47. The van der Waals surface area contributed by atoms with Crippen LogP contribution in [0.15, 0.2) is 78.9 Å². The average molecular weight is 483 g/mol. The smallest absolute Gasteiger partial charge is 0.120 e. The summed E-state index contributed by atoms with van der Waals surface area (Å²) >= 11 is 0. The van der Waals surface area contributed by atoms with Crippen LogP contribution in [0.5, 0.6) is 5.75 Å². The van der Waals surface area contributed by atoms with E-state index in [1.54, 1.807) is 0 Å². The summed E-state index contributed by atoms with van der Waals surface area (Å²) in [5, 5.41) is 11.5. The van der Waals surface area contributed by atoms with Crippen LogP contribution >= 0.6 is 0 Å². The van der Waals surface area contributed by atoms with Gasteiger partial charge in [0.25, 0.3) is 0 Å². The zero-order chi connectivity index (χ0) is 24.5. The number of aliphatic hydroxyl groups is 1. The standard InChI is InChI=1S/C33H38O3/c1-2-33-19-27(36-22-24-11-7-4-8-12-24)18-30(33)29-15-13-25-17-26(35-21-23-9-5-3-6-10-23)14-16-28(25)32(29)31(34)20-33/h3-12,14,16-17,27,29-32,34H,2,13,15,18-22H2,1H3/t27-,29+,30+,31-,32-,33+/m1/s1. The molecule has 0 amide bonds. The van der Waals surface area contributed by atoms with E-state index in [0.717, 1.165) is 44.3 Å². The van der Waals surface area contributed by atoms with Crippen molar-refractivity contribution in [3.05, 3.63) is 101 Å². The maximum Gasteiger partial charge on any atom is 0.120 e. The number of hydrogen-bond acceptors (Lipinski definition) is 3. The molecule has 0 unspecified atom stereocenters. The molecule has 0 bridgehead atoms. The average Bonchev–Trinajstić information content (AvgIpc) is 3.30. The summed E-state index contributed by atoms with van der Waals surface area (Å²) in [6.45, 7) is 3.59. The maximum atomic E-state index is 11.5. The van der Waals surface area contributed by atoms with E-state index < -0.39 is 0 Å². The summed E-state index contributed by atoms with van der Waals surface area (Å²) < 4.78 is 12.6. The molecule has 3 heteroatoms. The van der Waals surface area contributed by atoms with Crippen LogP contribution in [0, 0.1) is 17.3 Å². The van der Waals surface area contributed by atoms with Crippen LogP contribution < -0.4 is 4.74 Å². The highest BCUT2D eigenvalue weighted by molar-refractivity contribution is 5.41. The van der Waals surface area contributed by atoms with Gasteiger partial charge in [0.1, 0.15) is 12.4 Å². The SMILES string of the molecule is CC[C@@]12C[C@H](OCc3ccccc3)C[C@H]1[C@@H]1CCc3cc(OCc4ccccc4)ccc3[C@H]1[C@H](O)C2. The molecule has 6 rings (SSSR count). The lowest BCUT2D eigenvalue weighted by Gasteiger charge is -2.52. The van der Waals surface area contributed by atoms with Gasteiger partial charge in [-0.25, -0.2) is 0 Å². The molecule has 0 spiro atoms. The molecule has 2 saturated carbocycles. The third-order valence-electron chi connectivity index (χ3n) is 9.45. The normalized spacial score (nSPS) is 30.8. The Balaban J connectivity index is 1.18. The molecule has 0 heterocycles. The predicted octanol–water partition coefficient (Wildman–Crippen LogP) is 7.07. The third-order valence-corrected chi connectivity index (χ3v) is 9.45. The van der Waals surface area contributed by atoms with Crippen molar-refractivity contribution in [2.75, 3.05) is 0 Å². The van der Waals surface area contributed by atoms with E-state index in [9.17, 15) is 5.11 Å². The second kappa shape index (κ2) is 10.0. The first-order chi connectivity index (χ1) is 17.6. The van der Waals surface area contributed by atoms with Gasteiger partial charge in [-0.15, -0.1) is 0 Å². The Labute approximate surface area is 215 Å². The van der Waals surface area contributed by atoms with Crippen LogP contribution in [-0.4, -0.2) is 17.3 Å². The maximum absolute atomic E-state index is 11.5. The molecule has 0 radical (unpaired) electrons. The van der Waals surface area contributed by atoms with E-state index >= 15 is 0 Å². The van der Waals surface area contributed by atoms with Gasteiger partial charge in [0, 0.05) is 5.92 Å². The number of aryl methyl sites for hydroxylation is 1. The van der Waals surface area contributed by atoms with Gasteiger partial charge in [-0.1, -0.05) is 73.7 Å². The zero-order valence-corrected chi connectivity index (χ0v) is 21.3. The van der Waals surface area contributed by atoms with Crippen LogP contribution in [0.25, 0.3) is 0 Å². The first-order valence-corrected chi connectivity index (χ1v) is 13.8. The lowest BCUT2D eigenvalue weighted by molar-refractivity contribution is -0.0487. The quantitative estimate of drug-likeness (QED) is 0.391. The van der Waals surface area contributed by atoms with Gasteiger partial charge in [0.15, 0.2) is 0 Å². The molecule has 0 aliphatic heterocycles. The van der Waals surface area contributed by atoms with Crippen molar-refractivity contribution in [3.63, 3.8) is 0 Å². The first kappa shape index (κ1) is 23.8. The van der Waals surface area contributed by atoms with E-state index in [0.29, 0.717) is 25.0 Å². The van der Waals surface area contributed by atoms with Crippen LogP contribution in [0.3, 0.4) is 0 Å². The second-order valence-corrected chi connectivity index (χ2v) is 11.3. The van der Waals surface area contributed by atoms with Crippen LogP contribution in [0.1, 0.15) is 67.2 Å². The van der Waals surface area contributed by atoms with Crippen LogP contribution in [0.4, 0.5) is 0 Å². The van der Waals surface area contributed by atoms with E-state index in [1.165, 1.54) is 22.3 Å². The Morgan fingerprint density at radius 3 is 2.33 bits per heavy atom. The highest BCUT2D eigenvalue weighted by Gasteiger charge is 2.57. The van der Waals surface area contributed by atoms with Crippen molar-refractivity contribution in [2.45, 2.75) is 76.8 Å². The molecule has 188 valence electrons. The second-order valence-electron chi connectivity index (χ2n) is 11.3. The summed E-state index contributed by atoms with van der Waals surface area (Å²) in [4.78, 5) is 0. The number of benzene rings is 3. The number of rotatable bonds is 7. The first-order valence-electron chi connectivity index (χ1n) is 13.8. The van der Waals surface area contributed by atoms with E-state index in [4.69, 9.17) is 9.47 Å². The minimum atomic E-state index is -0.283. The molecule has 6 atom stereocenters. The van der Waals surface area contributed by atoms with Crippen LogP contribution in [-0.2, 0) is 24.4 Å². The number of fused-ring (bicyclic) bond motifs is 5.